The van der Waals surface area contributed by atoms with Crippen LogP contribution in [0.2, 0.25) is 0 Å². The second-order valence-electron chi connectivity index (χ2n) is 8.89. The summed E-state index contributed by atoms with van der Waals surface area (Å²) >= 11 is 0. The molecular weight excluding hydrogens is 388 g/mol. The lowest BCUT2D eigenvalue weighted by atomic mass is 10.0. The molecule has 0 fully saturated rings. The molecular formula is C27H48O4. The summed E-state index contributed by atoms with van der Waals surface area (Å²) in [5, 5.41) is 0. The molecule has 0 bridgehead atoms. The predicted molar refractivity (Wildman–Crippen MR) is 131 cm³/mol. The molecule has 1 rings (SSSR count). The van der Waals surface area contributed by atoms with E-state index < -0.39 is 0 Å². The van der Waals surface area contributed by atoms with Crippen molar-refractivity contribution in [2.45, 2.75) is 105 Å². The Morgan fingerprint density at radius 1 is 0.677 bits per heavy atom. The van der Waals surface area contributed by atoms with Crippen LogP contribution in [-0.4, -0.2) is 27.4 Å². The first-order chi connectivity index (χ1) is 15.1. The summed E-state index contributed by atoms with van der Waals surface area (Å²) in [5.74, 6) is 3.71. The molecule has 0 aliphatic rings. The van der Waals surface area contributed by atoms with Crippen LogP contribution < -0.4 is 18.9 Å². The summed E-state index contributed by atoms with van der Waals surface area (Å²) in [4.78, 5) is 0. The summed E-state index contributed by atoms with van der Waals surface area (Å²) in [6.45, 7) is 10.4. The molecule has 0 saturated carbocycles. The summed E-state index contributed by atoms with van der Waals surface area (Å²) in [6, 6.07) is 2.12. The van der Waals surface area contributed by atoms with Gasteiger partial charge in [0.15, 0.2) is 11.5 Å². The fourth-order valence-corrected chi connectivity index (χ4v) is 3.76. The van der Waals surface area contributed by atoms with Crippen molar-refractivity contribution >= 4 is 0 Å². The van der Waals surface area contributed by atoms with E-state index in [0.717, 1.165) is 43.1 Å². The van der Waals surface area contributed by atoms with E-state index >= 15 is 0 Å². The monoisotopic (exact) mass is 436 g/mol. The Labute approximate surface area is 192 Å². The molecule has 4 nitrogen and oxygen atoms in total. The second-order valence-corrected chi connectivity index (χ2v) is 8.89. The van der Waals surface area contributed by atoms with Gasteiger partial charge in [0.2, 0.25) is 11.5 Å². The number of rotatable bonds is 19. The summed E-state index contributed by atoms with van der Waals surface area (Å²) in [5.41, 5.74) is 1.17. The van der Waals surface area contributed by atoms with Gasteiger partial charge < -0.3 is 18.9 Å². The molecule has 0 heterocycles. The SMILES string of the molecule is CCCCCOc1cc(CCCCCCC(C)C)c(OCCCCC)c(OC)c1OC. The lowest BCUT2D eigenvalue weighted by molar-refractivity contribution is 0.256. The Hall–Kier alpha value is -1.58. The highest BCUT2D eigenvalue weighted by Crippen LogP contribution is 2.47. The van der Waals surface area contributed by atoms with Gasteiger partial charge in [-0.3, -0.25) is 0 Å². The van der Waals surface area contributed by atoms with E-state index in [1.54, 1.807) is 14.2 Å². The molecule has 0 saturated heterocycles. The molecule has 31 heavy (non-hydrogen) atoms. The first kappa shape index (κ1) is 27.5. The number of hydrogen-bond donors (Lipinski definition) is 0. The van der Waals surface area contributed by atoms with Crippen LogP contribution in [0, 0.1) is 5.92 Å². The van der Waals surface area contributed by atoms with E-state index in [4.69, 9.17) is 18.9 Å². The summed E-state index contributed by atoms with van der Waals surface area (Å²) in [6.07, 6.45) is 14.1. The molecule has 0 amide bonds. The Morgan fingerprint density at radius 3 is 1.87 bits per heavy atom. The van der Waals surface area contributed by atoms with Crippen molar-refractivity contribution < 1.29 is 18.9 Å². The second kappa shape index (κ2) is 17.0. The van der Waals surface area contributed by atoms with Crippen molar-refractivity contribution in [2.75, 3.05) is 27.4 Å². The van der Waals surface area contributed by atoms with Crippen molar-refractivity contribution in [3.63, 3.8) is 0 Å². The first-order valence-corrected chi connectivity index (χ1v) is 12.6. The Bertz CT molecular complexity index is 583. The summed E-state index contributed by atoms with van der Waals surface area (Å²) in [7, 11) is 3.36. The van der Waals surface area contributed by atoms with Gasteiger partial charge >= 0.3 is 0 Å². The number of methoxy groups -OCH3 is 2. The van der Waals surface area contributed by atoms with E-state index in [9.17, 15) is 0 Å². The van der Waals surface area contributed by atoms with E-state index in [0.29, 0.717) is 24.7 Å². The van der Waals surface area contributed by atoms with Gasteiger partial charge in [0.25, 0.3) is 0 Å². The zero-order valence-corrected chi connectivity index (χ0v) is 21.2. The Morgan fingerprint density at radius 2 is 1.29 bits per heavy atom. The van der Waals surface area contributed by atoms with Gasteiger partial charge in [-0.15, -0.1) is 0 Å². The van der Waals surface area contributed by atoms with Crippen LogP contribution in [-0.2, 0) is 6.42 Å². The number of aryl methyl sites for hydroxylation is 1. The first-order valence-electron chi connectivity index (χ1n) is 12.6. The topological polar surface area (TPSA) is 36.9 Å². The molecule has 0 radical (unpaired) electrons. The maximum atomic E-state index is 6.25. The van der Waals surface area contributed by atoms with Crippen molar-refractivity contribution in [1.82, 2.24) is 0 Å². The largest absolute Gasteiger partial charge is 0.490 e. The van der Waals surface area contributed by atoms with E-state index in [1.165, 1.54) is 56.9 Å². The maximum absolute atomic E-state index is 6.25. The zero-order chi connectivity index (χ0) is 22.9. The van der Waals surface area contributed by atoms with Gasteiger partial charge in [-0.25, -0.2) is 0 Å². The molecule has 4 heteroatoms. The van der Waals surface area contributed by atoms with Crippen LogP contribution in [0.5, 0.6) is 23.0 Å². The van der Waals surface area contributed by atoms with Crippen molar-refractivity contribution in [3.8, 4) is 23.0 Å². The molecule has 0 N–H and O–H groups in total. The Balaban J connectivity index is 2.97. The third-order valence-corrected chi connectivity index (χ3v) is 5.62. The highest BCUT2D eigenvalue weighted by Gasteiger charge is 2.22. The highest BCUT2D eigenvalue weighted by molar-refractivity contribution is 5.63. The highest BCUT2D eigenvalue weighted by atomic mass is 16.5. The number of unbranched alkanes of at least 4 members (excludes halogenated alkanes) is 7. The molecule has 0 aliphatic carbocycles. The molecule has 1 aromatic rings. The van der Waals surface area contributed by atoms with Crippen LogP contribution in [0.4, 0.5) is 0 Å². The van der Waals surface area contributed by atoms with Crippen molar-refractivity contribution in [1.29, 1.82) is 0 Å². The van der Waals surface area contributed by atoms with E-state index in [2.05, 4.69) is 33.8 Å². The average molecular weight is 437 g/mol. The van der Waals surface area contributed by atoms with Crippen molar-refractivity contribution in [3.05, 3.63) is 11.6 Å². The normalized spacial score (nSPS) is 11.1. The molecule has 0 aliphatic heterocycles. The minimum Gasteiger partial charge on any atom is -0.490 e. The van der Waals surface area contributed by atoms with E-state index in [-0.39, 0.29) is 0 Å². The molecule has 180 valence electrons. The van der Waals surface area contributed by atoms with Gasteiger partial charge in [0, 0.05) is 5.56 Å². The Kier molecular flexibility index (Phi) is 15.1. The average Bonchev–Trinajstić information content (AvgIpc) is 2.76. The number of hydrogen-bond acceptors (Lipinski definition) is 4. The minimum absolute atomic E-state index is 0.644. The molecule has 0 atom stereocenters. The number of benzene rings is 1. The van der Waals surface area contributed by atoms with Gasteiger partial charge in [0.1, 0.15) is 0 Å². The minimum atomic E-state index is 0.644. The van der Waals surface area contributed by atoms with Crippen LogP contribution in [0.25, 0.3) is 0 Å². The third-order valence-electron chi connectivity index (χ3n) is 5.62. The maximum Gasteiger partial charge on any atom is 0.207 e. The van der Waals surface area contributed by atoms with Gasteiger partial charge in [0.05, 0.1) is 27.4 Å². The predicted octanol–water partition coefficient (Wildman–Crippen LogP) is 7.99. The van der Waals surface area contributed by atoms with Gasteiger partial charge in [-0.05, 0) is 37.7 Å². The summed E-state index contributed by atoms with van der Waals surface area (Å²) < 4.78 is 23.8. The molecule has 0 unspecified atom stereocenters. The van der Waals surface area contributed by atoms with Gasteiger partial charge in [-0.1, -0.05) is 79.1 Å². The van der Waals surface area contributed by atoms with Crippen LogP contribution in [0.1, 0.15) is 104 Å². The third kappa shape index (κ3) is 10.5. The van der Waals surface area contributed by atoms with E-state index in [1.807, 2.05) is 0 Å². The smallest absolute Gasteiger partial charge is 0.207 e. The quantitative estimate of drug-likeness (QED) is 0.206. The lowest BCUT2D eigenvalue weighted by Gasteiger charge is -2.21. The molecule has 0 aromatic heterocycles. The van der Waals surface area contributed by atoms with Crippen LogP contribution in [0.15, 0.2) is 6.07 Å². The standard InChI is InChI=1S/C27H48O4/c1-7-9-15-19-30-24-21-23(18-14-12-11-13-17-22(3)4)25(31-20-16-10-8-2)27(29-6)26(24)28-5/h21-22H,7-20H2,1-6H3. The van der Waals surface area contributed by atoms with Crippen LogP contribution in [0.3, 0.4) is 0 Å². The molecule has 0 spiro atoms. The zero-order valence-electron chi connectivity index (χ0n) is 21.2. The molecule has 1 aromatic carbocycles. The fraction of sp³-hybridized carbons (Fsp3) is 0.778. The van der Waals surface area contributed by atoms with Crippen molar-refractivity contribution in [2.24, 2.45) is 5.92 Å². The van der Waals surface area contributed by atoms with Gasteiger partial charge in [-0.2, -0.15) is 0 Å². The van der Waals surface area contributed by atoms with Crippen LogP contribution >= 0.6 is 0 Å². The number of ether oxygens (including phenoxy) is 4. The lowest BCUT2D eigenvalue weighted by Crippen LogP contribution is -2.07. The fourth-order valence-electron chi connectivity index (χ4n) is 3.76.